The van der Waals surface area contributed by atoms with E-state index < -0.39 is 17.9 Å². The molecular weight excluding hydrogens is 218 g/mol. The van der Waals surface area contributed by atoms with Gasteiger partial charge in [-0.15, -0.1) is 0 Å². The molecule has 1 atom stereocenters. The highest BCUT2D eigenvalue weighted by Gasteiger charge is 2.35. The van der Waals surface area contributed by atoms with E-state index in [2.05, 4.69) is 9.72 Å². The van der Waals surface area contributed by atoms with Gasteiger partial charge in [-0.2, -0.15) is 0 Å². The summed E-state index contributed by atoms with van der Waals surface area (Å²) < 4.78 is 4.58. The first-order chi connectivity index (χ1) is 8.25. The molecule has 0 amide bonds. The molecule has 17 heavy (non-hydrogen) atoms. The predicted molar refractivity (Wildman–Crippen MR) is 60.2 cm³/mol. The first-order valence-corrected chi connectivity index (χ1v) is 5.34. The van der Waals surface area contributed by atoms with Crippen molar-refractivity contribution in [3.63, 3.8) is 0 Å². The summed E-state index contributed by atoms with van der Waals surface area (Å²) in [4.78, 5) is 26.9. The molecular formula is C13H9NO3. The van der Waals surface area contributed by atoms with Gasteiger partial charge in [0.1, 0.15) is 0 Å². The van der Waals surface area contributed by atoms with Crippen LogP contribution in [0.15, 0.2) is 36.5 Å². The molecule has 2 aromatic rings. The molecule has 1 saturated heterocycles. The fraction of sp³-hybridized carbons (Fsp3) is 0.154. The Hall–Kier alpha value is -2.23. The zero-order valence-corrected chi connectivity index (χ0v) is 8.92. The summed E-state index contributed by atoms with van der Waals surface area (Å²) in [5, 5.41) is 0.895. The molecule has 0 bridgehead atoms. The second-order valence-corrected chi connectivity index (χ2v) is 3.97. The van der Waals surface area contributed by atoms with Crippen LogP contribution in [0.3, 0.4) is 0 Å². The van der Waals surface area contributed by atoms with E-state index in [0.29, 0.717) is 0 Å². The quantitative estimate of drug-likeness (QED) is 0.550. The number of ether oxygens (including phenoxy) is 1. The Morgan fingerprint density at radius 2 is 2.00 bits per heavy atom. The number of esters is 2. The number of rotatable bonds is 1. The average Bonchev–Trinajstić information content (AvgIpc) is 2.68. The summed E-state index contributed by atoms with van der Waals surface area (Å²) in [7, 11) is 0. The van der Waals surface area contributed by atoms with Crippen molar-refractivity contribution in [2.45, 2.75) is 12.3 Å². The maximum atomic E-state index is 11.6. The third-order valence-electron chi connectivity index (χ3n) is 2.93. The largest absolute Gasteiger partial charge is 0.393 e. The zero-order valence-electron chi connectivity index (χ0n) is 8.92. The van der Waals surface area contributed by atoms with Crippen molar-refractivity contribution in [2.24, 2.45) is 0 Å². The molecule has 0 aliphatic carbocycles. The molecule has 3 rings (SSSR count). The van der Waals surface area contributed by atoms with E-state index in [1.165, 1.54) is 0 Å². The number of benzene rings is 1. The van der Waals surface area contributed by atoms with Gasteiger partial charge in [-0.25, -0.2) is 0 Å². The van der Waals surface area contributed by atoms with E-state index in [9.17, 15) is 9.59 Å². The fourth-order valence-electron chi connectivity index (χ4n) is 2.13. The van der Waals surface area contributed by atoms with Gasteiger partial charge in [-0.05, 0) is 17.7 Å². The summed E-state index contributed by atoms with van der Waals surface area (Å²) in [5.41, 5.74) is 1.63. The van der Waals surface area contributed by atoms with E-state index in [1.54, 1.807) is 12.3 Å². The lowest BCUT2D eigenvalue weighted by molar-refractivity contribution is -0.152. The van der Waals surface area contributed by atoms with Crippen LogP contribution in [0, 0.1) is 0 Å². The summed E-state index contributed by atoms with van der Waals surface area (Å²) >= 11 is 0. The second-order valence-electron chi connectivity index (χ2n) is 3.97. The number of pyridine rings is 1. The van der Waals surface area contributed by atoms with Gasteiger partial charge in [0.25, 0.3) is 0 Å². The number of hydrogen-bond acceptors (Lipinski definition) is 4. The summed E-state index contributed by atoms with van der Waals surface area (Å²) in [6.45, 7) is 0. The van der Waals surface area contributed by atoms with Crippen molar-refractivity contribution >= 4 is 22.8 Å². The van der Waals surface area contributed by atoms with Gasteiger partial charge in [0.05, 0.1) is 17.9 Å². The van der Waals surface area contributed by atoms with Gasteiger partial charge in [0.2, 0.25) is 0 Å². The minimum Gasteiger partial charge on any atom is -0.393 e. The Balaban J connectivity index is 2.17. The Kier molecular flexibility index (Phi) is 2.14. The maximum Gasteiger partial charge on any atom is 0.321 e. The molecule has 1 aliphatic rings. The Labute approximate surface area is 97.2 Å². The van der Waals surface area contributed by atoms with Gasteiger partial charge in [-0.1, -0.05) is 18.2 Å². The lowest BCUT2D eigenvalue weighted by atomic mass is 9.94. The molecule has 0 saturated carbocycles. The average molecular weight is 227 g/mol. The zero-order chi connectivity index (χ0) is 11.8. The number of carbonyl (C=O) groups excluding carboxylic acids is 2. The summed E-state index contributed by atoms with van der Waals surface area (Å²) in [6, 6.07) is 9.31. The highest BCUT2D eigenvalue weighted by molar-refractivity contribution is 6.00. The Morgan fingerprint density at radius 3 is 2.76 bits per heavy atom. The maximum absolute atomic E-state index is 11.6. The fourth-order valence-corrected chi connectivity index (χ4v) is 2.13. The number of cyclic esters (lactones) is 2. The third-order valence-corrected chi connectivity index (χ3v) is 2.93. The molecule has 0 spiro atoms. The Morgan fingerprint density at radius 1 is 1.18 bits per heavy atom. The van der Waals surface area contributed by atoms with Crippen LogP contribution >= 0.6 is 0 Å². The van der Waals surface area contributed by atoms with Crippen molar-refractivity contribution in [2.75, 3.05) is 0 Å². The SMILES string of the molecule is O=C1CC(c2ccnc3ccccc23)C(=O)O1. The normalized spacial score (nSPS) is 19.6. The molecule has 0 radical (unpaired) electrons. The highest BCUT2D eigenvalue weighted by atomic mass is 16.6. The molecule has 84 valence electrons. The summed E-state index contributed by atoms with van der Waals surface area (Å²) in [6.07, 6.45) is 1.76. The van der Waals surface area contributed by atoms with Crippen LogP contribution in [0.5, 0.6) is 0 Å². The van der Waals surface area contributed by atoms with Crippen LogP contribution in [0.4, 0.5) is 0 Å². The van der Waals surface area contributed by atoms with E-state index >= 15 is 0 Å². The van der Waals surface area contributed by atoms with Crippen molar-refractivity contribution in [3.05, 3.63) is 42.1 Å². The van der Waals surface area contributed by atoms with E-state index in [1.807, 2.05) is 24.3 Å². The number of fused-ring (bicyclic) bond motifs is 1. The van der Waals surface area contributed by atoms with Crippen molar-refractivity contribution in [1.29, 1.82) is 0 Å². The van der Waals surface area contributed by atoms with Gasteiger partial charge in [-0.3, -0.25) is 14.6 Å². The predicted octanol–water partition coefficient (Wildman–Crippen LogP) is 1.79. The van der Waals surface area contributed by atoms with E-state index in [-0.39, 0.29) is 6.42 Å². The number of hydrogen-bond donors (Lipinski definition) is 0. The molecule has 1 unspecified atom stereocenters. The van der Waals surface area contributed by atoms with Crippen LogP contribution in [-0.2, 0) is 14.3 Å². The molecule has 2 heterocycles. The van der Waals surface area contributed by atoms with Crippen LogP contribution in [0.2, 0.25) is 0 Å². The van der Waals surface area contributed by atoms with E-state index in [0.717, 1.165) is 16.5 Å². The third kappa shape index (κ3) is 1.58. The highest BCUT2D eigenvalue weighted by Crippen LogP contribution is 2.31. The standard InChI is InChI=1S/C13H9NO3/c15-12-7-10(13(16)17-12)8-5-6-14-11-4-2-1-3-9(8)11/h1-6,10H,7H2. The van der Waals surface area contributed by atoms with Crippen LogP contribution < -0.4 is 0 Å². The second kappa shape index (κ2) is 3.66. The van der Waals surface area contributed by atoms with Crippen LogP contribution in [0.1, 0.15) is 17.9 Å². The minimum absolute atomic E-state index is 0.118. The lowest BCUT2D eigenvalue weighted by Crippen LogP contribution is -2.06. The monoisotopic (exact) mass is 227 g/mol. The first kappa shape index (κ1) is 9.96. The minimum atomic E-state index is -0.490. The molecule has 1 aromatic carbocycles. The molecule has 1 aromatic heterocycles. The van der Waals surface area contributed by atoms with Crippen LogP contribution in [-0.4, -0.2) is 16.9 Å². The van der Waals surface area contributed by atoms with Crippen molar-refractivity contribution in [3.8, 4) is 0 Å². The van der Waals surface area contributed by atoms with Crippen molar-refractivity contribution in [1.82, 2.24) is 4.98 Å². The smallest absolute Gasteiger partial charge is 0.321 e. The summed E-state index contributed by atoms with van der Waals surface area (Å²) in [5.74, 6) is -1.41. The molecule has 0 N–H and O–H groups in total. The topological polar surface area (TPSA) is 56.3 Å². The molecule has 1 fully saturated rings. The number of para-hydroxylation sites is 1. The number of aromatic nitrogens is 1. The molecule has 1 aliphatic heterocycles. The number of nitrogens with zero attached hydrogens (tertiary/aromatic N) is 1. The Bertz CT molecular complexity index is 616. The van der Waals surface area contributed by atoms with Gasteiger partial charge < -0.3 is 4.74 Å². The molecule has 4 nitrogen and oxygen atoms in total. The van der Waals surface area contributed by atoms with Gasteiger partial charge in [0, 0.05) is 11.6 Å². The number of carbonyl (C=O) groups is 2. The van der Waals surface area contributed by atoms with Gasteiger partial charge >= 0.3 is 11.9 Å². The van der Waals surface area contributed by atoms with E-state index in [4.69, 9.17) is 0 Å². The molecule has 4 heteroatoms. The lowest BCUT2D eigenvalue weighted by Gasteiger charge is -2.08. The van der Waals surface area contributed by atoms with Crippen LogP contribution in [0.25, 0.3) is 10.9 Å². The van der Waals surface area contributed by atoms with Gasteiger partial charge in [0.15, 0.2) is 0 Å². The first-order valence-electron chi connectivity index (χ1n) is 5.34. The van der Waals surface area contributed by atoms with Crippen molar-refractivity contribution < 1.29 is 14.3 Å².